The van der Waals surface area contributed by atoms with E-state index in [2.05, 4.69) is 5.16 Å². The molecule has 1 aromatic carbocycles. The number of nitrogens with zero attached hydrogens (tertiary/aromatic N) is 1. The van der Waals surface area contributed by atoms with Gasteiger partial charge >= 0.3 is 0 Å². The average Bonchev–Trinajstić information content (AvgIpc) is 2.99. The fourth-order valence-electron chi connectivity index (χ4n) is 1.38. The molecule has 0 amide bonds. The van der Waals surface area contributed by atoms with Gasteiger partial charge < -0.3 is 14.0 Å². The van der Waals surface area contributed by atoms with E-state index in [0.29, 0.717) is 19.8 Å². The number of aromatic nitrogens is 1. The highest BCUT2D eigenvalue weighted by Crippen LogP contribution is 2.07. The molecule has 4 nitrogen and oxygen atoms in total. The largest absolute Gasteiger partial charge is 0.491 e. The fourth-order valence-corrected chi connectivity index (χ4v) is 1.38. The number of rotatable bonds is 7. The van der Waals surface area contributed by atoms with E-state index in [-0.39, 0.29) is 0 Å². The van der Waals surface area contributed by atoms with Crippen LogP contribution in [0.25, 0.3) is 0 Å². The maximum absolute atomic E-state index is 5.48. The number of hydrogen-bond acceptors (Lipinski definition) is 4. The summed E-state index contributed by atoms with van der Waals surface area (Å²) in [5.74, 6) is 0.868. The third kappa shape index (κ3) is 6.62. The normalized spacial score (nSPS) is 9.58. The second-order valence-corrected chi connectivity index (χ2v) is 3.51. The molecule has 0 aliphatic heterocycles. The Morgan fingerprint density at radius 2 is 1.79 bits per heavy atom. The summed E-state index contributed by atoms with van der Waals surface area (Å²) in [6.45, 7) is 5.76. The molecular weight excluding hydrogens is 242 g/mol. The lowest BCUT2D eigenvalue weighted by Crippen LogP contribution is -2.08. The van der Waals surface area contributed by atoms with Crippen LogP contribution in [0.3, 0.4) is 0 Å². The molecule has 0 N–H and O–H groups in total. The van der Waals surface area contributed by atoms with Crippen LogP contribution in [0, 0.1) is 0 Å². The Morgan fingerprint density at radius 3 is 2.47 bits per heavy atom. The Balaban J connectivity index is 0.000000861. The molecule has 0 atom stereocenters. The number of para-hydroxylation sites is 1. The summed E-state index contributed by atoms with van der Waals surface area (Å²) in [7, 11) is 0. The number of benzene rings is 1. The van der Waals surface area contributed by atoms with Gasteiger partial charge in [0.25, 0.3) is 0 Å². The molecule has 19 heavy (non-hydrogen) atoms. The first-order valence-electron chi connectivity index (χ1n) is 6.60. The van der Waals surface area contributed by atoms with Gasteiger partial charge in [-0.15, -0.1) is 0 Å². The average molecular weight is 263 g/mol. The van der Waals surface area contributed by atoms with Crippen LogP contribution in [0.4, 0.5) is 0 Å². The van der Waals surface area contributed by atoms with Gasteiger partial charge in [0.05, 0.1) is 18.9 Å². The van der Waals surface area contributed by atoms with Gasteiger partial charge in [0, 0.05) is 12.5 Å². The van der Waals surface area contributed by atoms with Crippen LogP contribution in [0.2, 0.25) is 0 Å². The first kappa shape index (κ1) is 15.2. The first-order chi connectivity index (χ1) is 9.45. The summed E-state index contributed by atoms with van der Waals surface area (Å²) in [5.41, 5.74) is 0.911. The first-order valence-corrected chi connectivity index (χ1v) is 6.60. The molecule has 0 radical (unpaired) electrons. The van der Waals surface area contributed by atoms with Crippen molar-refractivity contribution in [3.8, 4) is 5.75 Å². The van der Waals surface area contributed by atoms with Crippen molar-refractivity contribution in [1.29, 1.82) is 0 Å². The van der Waals surface area contributed by atoms with Gasteiger partial charge in [-0.2, -0.15) is 0 Å². The van der Waals surface area contributed by atoms with Crippen molar-refractivity contribution in [2.24, 2.45) is 0 Å². The molecule has 4 heteroatoms. The second-order valence-electron chi connectivity index (χ2n) is 3.51. The number of hydrogen-bond donors (Lipinski definition) is 0. The smallest absolute Gasteiger partial charge is 0.124 e. The minimum atomic E-state index is 0.558. The van der Waals surface area contributed by atoms with E-state index in [9.17, 15) is 0 Å². The van der Waals surface area contributed by atoms with Crippen molar-refractivity contribution in [1.82, 2.24) is 5.16 Å². The van der Waals surface area contributed by atoms with Gasteiger partial charge in [0.2, 0.25) is 0 Å². The molecule has 2 rings (SSSR count). The van der Waals surface area contributed by atoms with Crippen LogP contribution in [-0.2, 0) is 11.2 Å². The molecule has 0 bridgehead atoms. The van der Waals surface area contributed by atoms with Crippen molar-refractivity contribution < 1.29 is 14.0 Å². The Bertz CT molecular complexity index is 401. The van der Waals surface area contributed by atoms with Crippen LogP contribution in [-0.4, -0.2) is 25.0 Å². The maximum Gasteiger partial charge on any atom is 0.124 e. The van der Waals surface area contributed by atoms with Crippen LogP contribution in [0.1, 0.15) is 19.5 Å². The van der Waals surface area contributed by atoms with Crippen molar-refractivity contribution >= 4 is 0 Å². The standard InChI is InChI=1S/C13H15NO3.C2H6/c1-2-4-13(5-3-1)16-11-10-15-8-6-12-7-9-17-14-12;1-2/h1-5,7,9H,6,8,10-11H2;1-2H3. The molecule has 0 saturated heterocycles. The lowest BCUT2D eigenvalue weighted by Gasteiger charge is -2.06. The van der Waals surface area contributed by atoms with E-state index in [4.69, 9.17) is 14.0 Å². The van der Waals surface area contributed by atoms with Gasteiger partial charge in [0.1, 0.15) is 18.6 Å². The van der Waals surface area contributed by atoms with Crippen LogP contribution in [0.15, 0.2) is 47.2 Å². The van der Waals surface area contributed by atoms with E-state index >= 15 is 0 Å². The number of ether oxygens (including phenoxy) is 2. The maximum atomic E-state index is 5.48. The van der Waals surface area contributed by atoms with Gasteiger partial charge in [-0.05, 0) is 12.1 Å². The summed E-state index contributed by atoms with van der Waals surface area (Å²) >= 11 is 0. The molecule has 2 aromatic rings. The third-order valence-electron chi connectivity index (χ3n) is 2.23. The summed E-state index contributed by atoms with van der Waals surface area (Å²) in [6, 6.07) is 11.5. The zero-order valence-electron chi connectivity index (χ0n) is 11.5. The van der Waals surface area contributed by atoms with Crippen molar-refractivity contribution in [2.45, 2.75) is 20.3 Å². The monoisotopic (exact) mass is 263 g/mol. The predicted molar refractivity (Wildman–Crippen MR) is 74.3 cm³/mol. The highest BCUT2D eigenvalue weighted by molar-refractivity contribution is 5.20. The Morgan fingerprint density at radius 1 is 1.00 bits per heavy atom. The molecule has 0 aliphatic rings. The van der Waals surface area contributed by atoms with Gasteiger partial charge in [-0.25, -0.2) is 0 Å². The summed E-state index contributed by atoms with van der Waals surface area (Å²) < 4.78 is 15.6. The highest BCUT2D eigenvalue weighted by atomic mass is 16.5. The molecule has 1 aromatic heterocycles. The molecule has 0 unspecified atom stereocenters. The van der Waals surface area contributed by atoms with Crippen molar-refractivity contribution in [3.63, 3.8) is 0 Å². The SMILES string of the molecule is CC.c1ccc(OCCOCCc2ccon2)cc1. The molecule has 0 fully saturated rings. The zero-order chi connectivity index (χ0) is 13.8. The van der Waals surface area contributed by atoms with Crippen LogP contribution >= 0.6 is 0 Å². The molecular formula is C15H21NO3. The van der Waals surface area contributed by atoms with E-state index in [0.717, 1.165) is 17.9 Å². The summed E-state index contributed by atoms with van der Waals surface area (Å²) in [4.78, 5) is 0. The summed E-state index contributed by atoms with van der Waals surface area (Å²) in [6.07, 6.45) is 2.33. The molecule has 0 spiro atoms. The predicted octanol–water partition coefficient (Wildman–Crippen LogP) is 3.34. The van der Waals surface area contributed by atoms with Crippen molar-refractivity contribution in [2.75, 3.05) is 19.8 Å². The topological polar surface area (TPSA) is 44.5 Å². The minimum absolute atomic E-state index is 0.558. The van der Waals surface area contributed by atoms with Gasteiger partial charge in [-0.3, -0.25) is 0 Å². The van der Waals surface area contributed by atoms with Crippen LogP contribution in [0.5, 0.6) is 5.75 Å². The highest BCUT2D eigenvalue weighted by Gasteiger charge is 1.96. The van der Waals surface area contributed by atoms with E-state index in [1.807, 2.05) is 50.2 Å². The van der Waals surface area contributed by atoms with E-state index in [1.54, 1.807) is 6.26 Å². The van der Waals surface area contributed by atoms with Crippen LogP contribution < -0.4 is 4.74 Å². The van der Waals surface area contributed by atoms with Gasteiger partial charge in [-0.1, -0.05) is 37.2 Å². The molecule has 104 valence electrons. The minimum Gasteiger partial charge on any atom is -0.491 e. The fraction of sp³-hybridized carbons (Fsp3) is 0.400. The lowest BCUT2D eigenvalue weighted by molar-refractivity contribution is 0.102. The zero-order valence-corrected chi connectivity index (χ0v) is 11.5. The Kier molecular flexibility index (Phi) is 8.14. The molecule has 1 heterocycles. The quantitative estimate of drug-likeness (QED) is 0.719. The van der Waals surface area contributed by atoms with E-state index < -0.39 is 0 Å². The molecule has 0 aliphatic carbocycles. The second kappa shape index (κ2) is 10.1. The lowest BCUT2D eigenvalue weighted by atomic mass is 10.3. The Labute approximate surface area is 114 Å². The summed E-state index contributed by atoms with van der Waals surface area (Å²) in [5, 5.41) is 3.80. The van der Waals surface area contributed by atoms with Gasteiger partial charge in [0.15, 0.2) is 0 Å². The van der Waals surface area contributed by atoms with Crippen molar-refractivity contribution in [3.05, 3.63) is 48.4 Å². The Hall–Kier alpha value is -1.81. The third-order valence-corrected chi connectivity index (χ3v) is 2.23. The molecule has 0 saturated carbocycles. The van der Waals surface area contributed by atoms with E-state index in [1.165, 1.54) is 0 Å².